The number of sulfonamides is 1. The molecule has 10 nitrogen and oxygen atoms in total. The molecule has 2 N–H and O–H groups in total. The molecule has 0 aromatic heterocycles. The van der Waals surface area contributed by atoms with E-state index in [0.717, 1.165) is 54.9 Å². The molecule has 4 aliphatic heterocycles. The van der Waals surface area contributed by atoms with Crippen molar-refractivity contribution in [2.45, 2.75) is 57.0 Å². The molecular weight excluding hydrogens is 561 g/mol. The molecule has 1 amide bonds. The first-order valence-corrected chi connectivity index (χ1v) is 16.2. The van der Waals surface area contributed by atoms with E-state index in [-0.39, 0.29) is 36.0 Å². The fourth-order valence-electron chi connectivity index (χ4n) is 6.87. The van der Waals surface area contributed by atoms with Gasteiger partial charge in [0, 0.05) is 28.9 Å². The summed E-state index contributed by atoms with van der Waals surface area (Å²) in [5.41, 5.74) is 4.04. The molecule has 0 unspecified atom stereocenters. The van der Waals surface area contributed by atoms with Crippen molar-refractivity contribution >= 4 is 27.5 Å². The molecule has 0 aliphatic carbocycles. The molecule has 4 heterocycles. The number of nitrogens with zero attached hydrogens (tertiary/aromatic N) is 3. The van der Waals surface area contributed by atoms with Gasteiger partial charge in [-0.05, 0) is 112 Å². The molecule has 226 valence electrons. The molecule has 12 heteroatoms. The van der Waals surface area contributed by atoms with Crippen LogP contribution in [0.4, 0.5) is 10.2 Å². The molecule has 0 atom stereocenters. The number of carbonyl (C=O) groups excluding carboxylic acids is 1. The summed E-state index contributed by atoms with van der Waals surface area (Å²) in [7, 11) is -3.53. The Hall–Kier alpha value is -3.06. The fraction of sp³-hybridized carbons (Fsp3) is 0.533. The first kappa shape index (κ1) is 29.0. The Morgan fingerprint density at radius 3 is 2.36 bits per heavy atom. The minimum Gasteiger partial charge on any atom is -0.359 e. The minimum absolute atomic E-state index is 0.00711. The zero-order chi connectivity index (χ0) is 29.5. The Bertz CT molecular complexity index is 1460. The number of halogens is 1. The zero-order valence-electron chi connectivity index (χ0n) is 24.1. The normalized spacial score (nSPS) is 22.0. The van der Waals surface area contributed by atoms with E-state index < -0.39 is 15.6 Å². The first-order chi connectivity index (χ1) is 20.1. The van der Waals surface area contributed by atoms with Crippen molar-refractivity contribution in [3.8, 4) is 5.75 Å². The van der Waals surface area contributed by atoms with Crippen LogP contribution in [0, 0.1) is 13.8 Å². The second-order valence-corrected chi connectivity index (χ2v) is 14.0. The quantitative estimate of drug-likeness (QED) is 0.504. The van der Waals surface area contributed by atoms with Crippen molar-refractivity contribution in [3.63, 3.8) is 0 Å². The Morgan fingerprint density at radius 2 is 1.71 bits per heavy atom. The number of hydrogen-bond acceptors (Lipinski definition) is 8. The van der Waals surface area contributed by atoms with E-state index in [4.69, 9.17) is 4.74 Å². The van der Waals surface area contributed by atoms with E-state index in [2.05, 4.69) is 51.4 Å². The maximum atomic E-state index is 13.4. The van der Waals surface area contributed by atoms with Crippen LogP contribution in [0.5, 0.6) is 5.75 Å². The fourth-order valence-corrected chi connectivity index (χ4v) is 8.33. The molecule has 3 saturated heterocycles. The van der Waals surface area contributed by atoms with E-state index in [9.17, 15) is 17.7 Å². The van der Waals surface area contributed by atoms with Crippen LogP contribution < -0.4 is 20.5 Å². The van der Waals surface area contributed by atoms with Gasteiger partial charge < -0.3 is 20.3 Å². The van der Waals surface area contributed by atoms with Crippen molar-refractivity contribution < 1.29 is 27.4 Å². The van der Waals surface area contributed by atoms with Crippen LogP contribution in [-0.2, 0) is 26.0 Å². The zero-order valence-corrected chi connectivity index (χ0v) is 24.9. The van der Waals surface area contributed by atoms with E-state index in [1.807, 2.05) is 0 Å². The third kappa shape index (κ3) is 5.29. The predicted molar refractivity (Wildman–Crippen MR) is 158 cm³/mol. The monoisotopic (exact) mass is 599 g/mol. The van der Waals surface area contributed by atoms with Gasteiger partial charge in [-0.3, -0.25) is 14.7 Å². The molecule has 2 aromatic rings. The number of amidine groups is 1. The minimum atomic E-state index is -3.53. The van der Waals surface area contributed by atoms with Gasteiger partial charge in [0.2, 0.25) is 10.0 Å². The van der Waals surface area contributed by atoms with Crippen molar-refractivity contribution in [2.24, 2.45) is 4.99 Å². The van der Waals surface area contributed by atoms with Gasteiger partial charge in [0.15, 0.2) is 5.75 Å². The number of amides is 1. The van der Waals surface area contributed by atoms with Crippen LogP contribution in [-0.4, -0.2) is 80.8 Å². The second-order valence-electron chi connectivity index (χ2n) is 12.0. The van der Waals surface area contributed by atoms with Crippen molar-refractivity contribution in [1.29, 1.82) is 0 Å². The SMILES string of the molecule is Cc1cc(N2COCC23CCNCC3)cc(C)c1CCS(=O)(=O)N1CCC2(CC1)N=C(c1ccc(OF)cc1)NC2=O. The average Bonchev–Trinajstić information content (AvgIpc) is 3.53. The van der Waals surface area contributed by atoms with Gasteiger partial charge in [0.05, 0.1) is 17.9 Å². The predicted octanol–water partition coefficient (Wildman–Crippen LogP) is 2.77. The lowest BCUT2D eigenvalue weighted by atomic mass is 9.87. The summed E-state index contributed by atoms with van der Waals surface area (Å²) >= 11 is 0. The molecule has 3 fully saturated rings. The third-order valence-electron chi connectivity index (χ3n) is 9.44. The second kappa shape index (κ2) is 11.2. The molecule has 2 aromatic carbocycles. The Labute approximate surface area is 246 Å². The van der Waals surface area contributed by atoms with Gasteiger partial charge in [-0.2, -0.15) is 0 Å². The van der Waals surface area contributed by atoms with Crippen LogP contribution in [0.15, 0.2) is 41.4 Å². The Kier molecular flexibility index (Phi) is 7.75. The lowest BCUT2D eigenvalue weighted by molar-refractivity contribution is -0.124. The van der Waals surface area contributed by atoms with Gasteiger partial charge >= 0.3 is 0 Å². The molecule has 0 bridgehead atoms. The summed E-state index contributed by atoms with van der Waals surface area (Å²) in [5.74, 6) is 0.238. The van der Waals surface area contributed by atoms with Crippen LogP contribution >= 0.6 is 0 Å². The highest BCUT2D eigenvalue weighted by Crippen LogP contribution is 2.38. The van der Waals surface area contributed by atoms with Gasteiger partial charge in [0.1, 0.15) is 18.1 Å². The maximum Gasteiger partial charge on any atom is 0.253 e. The highest BCUT2D eigenvalue weighted by Gasteiger charge is 2.47. The number of ether oxygens (including phenoxy) is 1. The molecular formula is C30H38FN5O5S. The van der Waals surface area contributed by atoms with Crippen LogP contribution in [0.1, 0.15) is 47.9 Å². The number of piperidine rings is 2. The van der Waals surface area contributed by atoms with Crippen LogP contribution in [0.2, 0.25) is 0 Å². The number of rotatable bonds is 7. The van der Waals surface area contributed by atoms with Gasteiger partial charge in [-0.25, -0.2) is 12.7 Å². The van der Waals surface area contributed by atoms with Crippen LogP contribution in [0.3, 0.4) is 0 Å². The summed E-state index contributed by atoms with van der Waals surface area (Å²) in [6.07, 6.45) is 3.11. The van der Waals surface area contributed by atoms with Crippen molar-refractivity contribution in [2.75, 3.05) is 50.2 Å². The Morgan fingerprint density at radius 1 is 1.05 bits per heavy atom. The largest absolute Gasteiger partial charge is 0.359 e. The van der Waals surface area contributed by atoms with Crippen molar-refractivity contribution in [3.05, 3.63) is 58.7 Å². The third-order valence-corrected chi connectivity index (χ3v) is 11.3. The number of carbonyl (C=O) groups is 1. The van der Waals surface area contributed by atoms with Crippen LogP contribution in [0.25, 0.3) is 0 Å². The molecule has 42 heavy (non-hydrogen) atoms. The lowest BCUT2D eigenvalue weighted by Crippen LogP contribution is -2.53. The summed E-state index contributed by atoms with van der Waals surface area (Å²) < 4.78 is 46.6. The van der Waals surface area contributed by atoms with Gasteiger partial charge in [-0.1, -0.05) is 0 Å². The molecule has 0 radical (unpaired) electrons. The standard InChI is InChI=1S/C30H38FN5O5S/c1-21-17-24(36-20-40-19-29(36)8-12-32-13-9-29)18-22(2)26(21)7-16-42(38,39)35-14-10-30(11-15-35)28(37)33-27(34-30)23-3-5-25(41-31)6-4-23/h3-6,17-18,32H,7-16,19-20H2,1-2H3,(H,33,34,37). The number of nitrogens with one attached hydrogen (secondary N) is 2. The Balaban J connectivity index is 1.10. The van der Waals surface area contributed by atoms with E-state index in [1.54, 1.807) is 12.1 Å². The molecule has 6 rings (SSSR count). The summed E-state index contributed by atoms with van der Waals surface area (Å²) in [6.45, 7) is 7.84. The summed E-state index contributed by atoms with van der Waals surface area (Å²) in [6, 6.07) is 10.5. The number of aryl methyl sites for hydroxylation is 2. The molecule has 4 aliphatic rings. The number of aliphatic imine (C=N–C) groups is 1. The van der Waals surface area contributed by atoms with E-state index in [1.165, 1.54) is 16.4 Å². The number of hydrogen-bond donors (Lipinski definition) is 2. The molecule has 2 spiro atoms. The molecule has 0 saturated carbocycles. The number of anilines is 1. The highest BCUT2D eigenvalue weighted by molar-refractivity contribution is 7.89. The van der Waals surface area contributed by atoms with Gasteiger partial charge in [0.25, 0.3) is 5.91 Å². The van der Waals surface area contributed by atoms with Crippen molar-refractivity contribution in [1.82, 2.24) is 14.9 Å². The number of benzene rings is 2. The highest BCUT2D eigenvalue weighted by atomic mass is 32.2. The lowest BCUT2D eigenvalue weighted by Gasteiger charge is -2.41. The smallest absolute Gasteiger partial charge is 0.253 e. The maximum absolute atomic E-state index is 13.4. The van der Waals surface area contributed by atoms with E-state index >= 15 is 0 Å². The summed E-state index contributed by atoms with van der Waals surface area (Å²) in [5, 5.41) is 6.26. The summed E-state index contributed by atoms with van der Waals surface area (Å²) in [4.78, 5) is 23.7. The van der Waals surface area contributed by atoms with Gasteiger partial charge in [-0.15, -0.1) is 0 Å². The first-order valence-electron chi connectivity index (χ1n) is 14.6. The average molecular weight is 600 g/mol. The van der Waals surface area contributed by atoms with E-state index in [0.29, 0.717) is 37.4 Å². The topological polar surface area (TPSA) is 113 Å².